The number of hydrogen-bond acceptors (Lipinski definition) is 2. The highest BCUT2D eigenvalue weighted by Gasteiger charge is 2.00. The zero-order valence-electron chi connectivity index (χ0n) is 8.87. The molecule has 0 aliphatic carbocycles. The van der Waals surface area contributed by atoms with E-state index in [0.29, 0.717) is 6.10 Å². The second kappa shape index (κ2) is 4.42. The van der Waals surface area contributed by atoms with Crippen LogP contribution in [0.1, 0.15) is 25.4 Å². The third-order valence-electron chi connectivity index (χ3n) is 1.88. The van der Waals surface area contributed by atoms with E-state index in [-0.39, 0.29) is 0 Å². The van der Waals surface area contributed by atoms with Crippen LogP contribution in [0.2, 0.25) is 0 Å². The number of imidazole rings is 1. The fourth-order valence-corrected chi connectivity index (χ4v) is 1.28. The van der Waals surface area contributed by atoms with Gasteiger partial charge in [0, 0.05) is 12.7 Å². The minimum absolute atomic E-state index is 0.310. The third kappa shape index (κ3) is 3.19. The van der Waals surface area contributed by atoms with E-state index in [2.05, 4.69) is 15.7 Å². The lowest BCUT2D eigenvalue weighted by atomic mass is 10.5. The highest BCUT2D eigenvalue weighted by Crippen LogP contribution is 2.01. The molecule has 0 atom stereocenters. The summed E-state index contributed by atoms with van der Waals surface area (Å²) in [5.74, 6) is 1.06. The Morgan fingerprint density at radius 2 is 2.15 bits per heavy atom. The molecule has 0 saturated carbocycles. The quantitative estimate of drug-likeness (QED) is 0.711. The summed E-state index contributed by atoms with van der Waals surface area (Å²) < 4.78 is 7.58. The molecular weight excluding hydrogens is 164 g/mol. The summed E-state index contributed by atoms with van der Waals surface area (Å²) in [6, 6.07) is 0. The highest BCUT2D eigenvalue weighted by atomic mass is 16.5. The van der Waals surface area contributed by atoms with Gasteiger partial charge in [-0.2, -0.15) is 0 Å². The standard InChI is InChI=1S/C10H18N2O/c1-8(2)13-6-5-12-7-9(3)11-10(12)4/h7-8H,5-6H2,1-4H3. The zero-order chi connectivity index (χ0) is 9.84. The Balaban J connectivity index is 2.40. The Morgan fingerprint density at radius 3 is 2.62 bits per heavy atom. The van der Waals surface area contributed by atoms with Crippen molar-refractivity contribution < 1.29 is 4.74 Å². The van der Waals surface area contributed by atoms with Gasteiger partial charge in [-0.05, 0) is 27.7 Å². The fourth-order valence-electron chi connectivity index (χ4n) is 1.28. The van der Waals surface area contributed by atoms with Crippen LogP contribution in [0.3, 0.4) is 0 Å². The molecule has 0 saturated heterocycles. The molecule has 0 aliphatic heterocycles. The lowest BCUT2D eigenvalue weighted by molar-refractivity contribution is 0.0724. The molecule has 0 N–H and O–H groups in total. The SMILES string of the molecule is Cc1cn(CCOC(C)C)c(C)n1. The van der Waals surface area contributed by atoms with Gasteiger partial charge >= 0.3 is 0 Å². The second-order valence-corrected chi connectivity index (χ2v) is 3.54. The van der Waals surface area contributed by atoms with Crippen molar-refractivity contribution in [1.29, 1.82) is 0 Å². The summed E-state index contributed by atoms with van der Waals surface area (Å²) in [6.45, 7) is 9.77. The molecular formula is C10H18N2O. The second-order valence-electron chi connectivity index (χ2n) is 3.54. The van der Waals surface area contributed by atoms with Crippen LogP contribution in [-0.4, -0.2) is 22.3 Å². The van der Waals surface area contributed by atoms with Gasteiger partial charge < -0.3 is 9.30 Å². The molecule has 74 valence electrons. The van der Waals surface area contributed by atoms with Crippen LogP contribution >= 0.6 is 0 Å². The molecule has 0 radical (unpaired) electrons. The smallest absolute Gasteiger partial charge is 0.105 e. The molecule has 3 heteroatoms. The Hall–Kier alpha value is -0.830. The average Bonchev–Trinajstić information content (AvgIpc) is 2.29. The largest absolute Gasteiger partial charge is 0.377 e. The van der Waals surface area contributed by atoms with Crippen molar-refractivity contribution in [3.05, 3.63) is 17.7 Å². The lowest BCUT2D eigenvalue weighted by Gasteiger charge is -2.08. The van der Waals surface area contributed by atoms with Crippen LogP contribution in [0.4, 0.5) is 0 Å². The van der Waals surface area contributed by atoms with Gasteiger partial charge in [0.1, 0.15) is 5.82 Å². The number of hydrogen-bond donors (Lipinski definition) is 0. The molecule has 1 aromatic heterocycles. The molecule has 13 heavy (non-hydrogen) atoms. The van der Waals surface area contributed by atoms with Gasteiger partial charge in [0.15, 0.2) is 0 Å². The van der Waals surface area contributed by atoms with Crippen LogP contribution < -0.4 is 0 Å². The number of rotatable bonds is 4. The first-order chi connectivity index (χ1) is 6.09. The van der Waals surface area contributed by atoms with Crippen molar-refractivity contribution in [2.75, 3.05) is 6.61 Å². The molecule has 0 bridgehead atoms. The third-order valence-corrected chi connectivity index (χ3v) is 1.88. The van der Waals surface area contributed by atoms with Crippen molar-refractivity contribution in [2.45, 2.75) is 40.3 Å². The number of aryl methyl sites for hydroxylation is 2. The number of ether oxygens (including phenoxy) is 1. The Labute approximate surface area is 79.7 Å². The van der Waals surface area contributed by atoms with E-state index in [1.807, 2.05) is 27.7 Å². The molecule has 0 unspecified atom stereocenters. The van der Waals surface area contributed by atoms with Gasteiger partial charge in [-0.3, -0.25) is 0 Å². The molecule has 0 fully saturated rings. The Bertz CT molecular complexity index is 266. The number of aromatic nitrogens is 2. The van der Waals surface area contributed by atoms with Gasteiger partial charge in [-0.15, -0.1) is 0 Å². The van der Waals surface area contributed by atoms with Gasteiger partial charge in [0.25, 0.3) is 0 Å². The molecule has 1 rings (SSSR count). The summed E-state index contributed by atoms with van der Waals surface area (Å²) in [6.07, 6.45) is 2.36. The summed E-state index contributed by atoms with van der Waals surface area (Å²) >= 11 is 0. The van der Waals surface area contributed by atoms with Gasteiger partial charge in [0.05, 0.1) is 18.4 Å². The lowest BCUT2D eigenvalue weighted by Crippen LogP contribution is -2.10. The molecule has 3 nitrogen and oxygen atoms in total. The summed E-state index contributed by atoms with van der Waals surface area (Å²) in [5.41, 5.74) is 1.07. The summed E-state index contributed by atoms with van der Waals surface area (Å²) in [7, 11) is 0. The van der Waals surface area contributed by atoms with Crippen molar-refractivity contribution in [1.82, 2.24) is 9.55 Å². The average molecular weight is 182 g/mol. The normalized spacial score (nSPS) is 11.2. The van der Waals surface area contributed by atoms with Crippen LogP contribution in [-0.2, 0) is 11.3 Å². The highest BCUT2D eigenvalue weighted by molar-refractivity contribution is 4.99. The van der Waals surface area contributed by atoms with E-state index in [9.17, 15) is 0 Å². The molecule has 0 aliphatic rings. The first-order valence-electron chi connectivity index (χ1n) is 4.71. The Morgan fingerprint density at radius 1 is 1.46 bits per heavy atom. The van der Waals surface area contributed by atoms with E-state index in [1.54, 1.807) is 0 Å². The first kappa shape index (κ1) is 10.3. The monoisotopic (exact) mass is 182 g/mol. The van der Waals surface area contributed by atoms with Gasteiger partial charge in [-0.1, -0.05) is 0 Å². The maximum absolute atomic E-state index is 5.46. The predicted octanol–water partition coefficient (Wildman–Crippen LogP) is 1.92. The van der Waals surface area contributed by atoms with Crippen LogP contribution in [0, 0.1) is 13.8 Å². The van der Waals surface area contributed by atoms with E-state index in [0.717, 1.165) is 24.7 Å². The predicted molar refractivity (Wildman–Crippen MR) is 52.8 cm³/mol. The van der Waals surface area contributed by atoms with Crippen molar-refractivity contribution in [3.8, 4) is 0 Å². The molecule has 1 heterocycles. The fraction of sp³-hybridized carbons (Fsp3) is 0.700. The maximum atomic E-state index is 5.46. The van der Waals surface area contributed by atoms with E-state index < -0.39 is 0 Å². The van der Waals surface area contributed by atoms with E-state index in [1.165, 1.54) is 0 Å². The minimum Gasteiger partial charge on any atom is -0.377 e. The zero-order valence-corrected chi connectivity index (χ0v) is 8.87. The minimum atomic E-state index is 0.310. The maximum Gasteiger partial charge on any atom is 0.105 e. The van der Waals surface area contributed by atoms with Crippen LogP contribution in [0.15, 0.2) is 6.20 Å². The number of nitrogens with zero attached hydrogens (tertiary/aromatic N) is 2. The Kier molecular flexibility index (Phi) is 3.48. The van der Waals surface area contributed by atoms with Crippen LogP contribution in [0.25, 0.3) is 0 Å². The molecule has 0 spiro atoms. The van der Waals surface area contributed by atoms with Crippen LogP contribution in [0.5, 0.6) is 0 Å². The van der Waals surface area contributed by atoms with Crippen molar-refractivity contribution in [2.24, 2.45) is 0 Å². The van der Waals surface area contributed by atoms with Crippen molar-refractivity contribution in [3.63, 3.8) is 0 Å². The summed E-state index contributed by atoms with van der Waals surface area (Å²) in [5, 5.41) is 0. The van der Waals surface area contributed by atoms with E-state index >= 15 is 0 Å². The van der Waals surface area contributed by atoms with Gasteiger partial charge in [-0.25, -0.2) is 4.98 Å². The molecule has 0 amide bonds. The molecule has 0 aromatic carbocycles. The van der Waals surface area contributed by atoms with Crippen molar-refractivity contribution >= 4 is 0 Å². The van der Waals surface area contributed by atoms with E-state index in [4.69, 9.17) is 4.74 Å². The topological polar surface area (TPSA) is 27.1 Å². The van der Waals surface area contributed by atoms with Gasteiger partial charge in [0.2, 0.25) is 0 Å². The first-order valence-corrected chi connectivity index (χ1v) is 4.71. The molecule has 1 aromatic rings. The summed E-state index contributed by atoms with van der Waals surface area (Å²) in [4.78, 5) is 4.32.